The molecule has 3 saturated heterocycles. The number of imide groups is 1. The summed E-state index contributed by atoms with van der Waals surface area (Å²) < 4.78 is 6.31. The first-order chi connectivity index (χ1) is 20.4. The van der Waals surface area contributed by atoms with Gasteiger partial charge in [-0.1, -0.05) is 18.6 Å². The van der Waals surface area contributed by atoms with E-state index < -0.39 is 6.04 Å². The minimum absolute atomic E-state index is 0.159. The number of nitrogens with one attached hydrogen (secondary N) is 1. The first-order valence-electron chi connectivity index (χ1n) is 15.6. The Hall–Kier alpha value is -3.43. The number of nitrogens with zero attached hydrogens (tertiary/aromatic N) is 4. The Bertz CT molecular complexity index is 1300. The highest BCUT2D eigenvalue weighted by Gasteiger charge is 2.39. The molecular formula is C33H43N5O4. The van der Waals surface area contributed by atoms with Gasteiger partial charge in [-0.3, -0.25) is 29.5 Å². The summed E-state index contributed by atoms with van der Waals surface area (Å²) in [4.78, 5) is 46.1. The molecule has 4 aliphatic heterocycles. The van der Waals surface area contributed by atoms with E-state index >= 15 is 0 Å². The van der Waals surface area contributed by atoms with Gasteiger partial charge in [0.2, 0.25) is 11.8 Å². The highest BCUT2D eigenvalue weighted by molar-refractivity contribution is 6.05. The van der Waals surface area contributed by atoms with Gasteiger partial charge in [-0.2, -0.15) is 0 Å². The van der Waals surface area contributed by atoms with Crippen molar-refractivity contribution in [3.63, 3.8) is 0 Å². The van der Waals surface area contributed by atoms with Crippen LogP contribution in [-0.2, 0) is 22.7 Å². The molecule has 0 bridgehead atoms. The number of hydrogen-bond donors (Lipinski definition) is 1. The molecule has 1 N–H and O–H groups in total. The molecule has 4 heterocycles. The minimum Gasteiger partial charge on any atom is -0.492 e. The predicted octanol–water partition coefficient (Wildman–Crippen LogP) is 3.41. The van der Waals surface area contributed by atoms with Crippen LogP contribution in [0.5, 0.6) is 5.75 Å². The largest absolute Gasteiger partial charge is 0.492 e. The second-order valence-corrected chi connectivity index (χ2v) is 12.4. The maximum Gasteiger partial charge on any atom is 0.255 e. The fourth-order valence-electron chi connectivity index (χ4n) is 6.83. The van der Waals surface area contributed by atoms with Gasteiger partial charge in [-0.05, 0) is 81.1 Å². The lowest BCUT2D eigenvalue weighted by molar-refractivity contribution is -0.136. The van der Waals surface area contributed by atoms with Crippen LogP contribution in [-0.4, -0.2) is 89.9 Å². The number of ether oxygens (including phenoxy) is 1. The zero-order chi connectivity index (χ0) is 29.2. The fourth-order valence-corrected chi connectivity index (χ4v) is 6.83. The summed E-state index contributed by atoms with van der Waals surface area (Å²) in [5, 5.41) is 2.36. The van der Waals surface area contributed by atoms with E-state index in [0.29, 0.717) is 37.2 Å². The number of piperidine rings is 2. The normalized spacial score (nSPS) is 23.8. The van der Waals surface area contributed by atoms with E-state index in [0.717, 1.165) is 57.0 Å². The lowest BCUT2D eigenvalue weighted by Crippen LogP contribution is -2.52. The third kappa shape index (κ3) is 6.17. The minimum atomic E-state index is -0.605. The Morgan fingerprint density at radius 1 is 0.929 bits per heavy atom. The molecule has 0 aliphatic carbocycles. The van der Waals surface area contributed by atoms with Crippen molar-refractivity contribution in [3.05, 3.63) is 59.2 Å². The van der Waals surface area contributed by atoms with Crippen molar-refractivity contribution in [2.24, 2.45) is 0 Å². The Labute approximate surface area is 248 Å². The molecule has 3 amide bonds. The van der Waals surface area contributed by atoms with E-state index in [-0.39, 0.29) is 24.1 Å². The van der Waals surface area contributed by atoms with Gasteiger partial charge >= 0.3 is 0 Å². The van der Waals surface area contributed by atoms with Gasteiger partial charge in [0, 0.05) is 69.0 Å². The topological polar surface area (TPSA) is 85.4 Å². The van der Waals surface area contributed by atoms with E-state index in [1.54, 1.807) is 4.90 Å². The van der Waals surface area contributed by atoms with Gasteiger partial charge < -0.3 is 14.5 Å². The van der Waals surface area contributed by atoms with Crippen molar-refractivity contribution >= 4 is 23.4 Å². The maximum atomic E-state index is 13.0. The molecule has 9 heteroatoms. The Morgan fingerprint density at radius 3 is 2.45 bits per heavy atom. The third-order valence-electron chi connectivity index (χ3n) is 9.42. The van der Waals surface area contributed by atoms with Crippen LogP contribution in [0.4, 0.5) is 5.69 Å². The van der Waals surface area contributed by atoms with Crippen molar-refractivity contribution in [1.82, 2.24) is 20.0 Å². The van der Waals surface area contributed by atoms with Gasteiger partial charge in [0.1, 0.15) is 18.4 Å². The van der Waals surface area contributed by atoms with Crippen LogP contribution in [0.2, 0.25) is 0 Å². The average molecular weight is 574 g/mol. The highest BCUT2D eigenvalue weighted by atomic mass is 16.5. The standard InChI is InChI=1S/C33H43N5O4/c1-23(2)35-15-17-36(18-16-35)26-8-6-24(7-9-26)20-37-14-4-3-5-27(37)22-42-28-10-11-29-25(19-28)21-38(33(29)41)30-12-13-31(39)34-32(30)40/h6-11,19,23,27,30H,3-5,12-18,20-22H2,1-2H3,(H,34,39,40). The number of carbonyl (C=O) groups excluding carboxylic acids is 3. The van der Waals surface area contributed by atoms with Gasteiger partial charge in [0.05, 0.1) is 0 Å². The summed E-state index contributed by atoms with van der Waals surface area (Å²) in [6.07, 6.45) is 4.12. The molecule has 2 aromatic carbocycles. The van der Waals surface area contributed by atoms with E-state index in [9.17, 15) is 14.4 Å². The first kappa shape index (κ1) is 28.7. The monoisotopic (exact) mass is 573 g/mol. The van der Waals surface area contributed by atoms with Crippen LogP contribution in [0.3, 0.4) is 0 Å². The number of rotatable bonds is 8. The number of carbonyl (C=O) groups is 3. The number of amides is 3. The van der Waals surface area contributed by atoms with Crippen LogP contribution >= 0.6 is 0 Å². The Morgan fingerprint density at radius 2 is 1.71 bits per heavy atom. The van der Waals surface area contributed by atoms with Gasteiger partial charge in [0.25, 0.3) is 5.91 Å². The summed E-state index contributed by atoms with van der Waals surface area (Å²) in [6, 6.07) is 15.1. The SMILES string of the molecule is CC(C)N1CCN(c2ccc(CN3CCCCC3COc3ccc4c(c3)CN(C3CCC(=O)NC3=O)C4=O)cc2)CC1. The molecule has 4 aliphatic rings. The molecule has 42 heavy (non-hydrogen) atoms. The predicted molar refractivity (Wildman–Crippen MR) is 161 cm³/mol. The second-order valence-electron chi connectivity index (χ2n) is 12.4. The average Bonchev–Trinajstić information content (AvgIpc) is 3.32. The second kappa shape index (κ2) is 12.4. The first-order valence-corrected chi connectivity index (χ1v) is 15.6. The van der Waals surface area contributed by atoms with Crippen molar-refractivity contribution in [3.8, 4) is 5.75 Å². The van der Waals surface area contributed by atoms with Crippen LogP contribution in [0.15, 0.2) is 42.5 Å². The van der Waals surface area contributed by atoms with Crippen LogP contribution in [0.1, 0.15) is 67.4 Å². The van der Waals surface area contributed by atoms with Crippen molar-refractivity contribution in [1.29, 1.82) is 0 Å². The molecule has 2 atom stereocenters. The molecule has 9 nitrogen and oxygen atoms in total. The van der Waals surface area contributed by atoms with Gasteiger partial charge in [0.15, 0.2) is 0 Å². The molecule has 6 rings (SSSR count). The number of benzene rings is 2. The summed E-state index contributed by atoms with van der Waals surface area (Å²) in [5.41, 5.74) is 4.12. The Kier molecular flexibility index (Phi) is 8.49. The van der Waals surface area contributed by atoms with Crippen molar-refractivity contribution < 1.29 is 19.1 Å². The number of piperazine rings is 1. The van der Waals surface area contributed by atoms with E-state index in [1.165, 1.54) is 24.1 Å². The number of anilines is 1. The lowest BCUT2D eigenvalue weighted by Gasteiger charge is -2.38. The zero-order valence-electron chi connectivity index (χ0n) is 24.9. The van der Waals surface area contributed by atoms with Crippen molar-refractivity contribution in [2.45, 2.75) is 77.2 Å². The smallest absolute Gasteiger partial charge is 0.255 e. The molecule has 3 fully saturated rings. The van der Waals surface area contributed by atoms with Crippen molar-refractivity contribution in [2.75, 3.05) is 44.2 Å². The quantitative estimate of drug-likeness (QED) is 0.485. The van der Waals surface area contributed by atoms with Gasteiger partial charge in [-0.15, -0.1) is 0 Å². The molecule has 0 radical (unpaired) electrons. The number of likely N-dealkylation sites (tertiary alicyclic amines) is 1. The summed E-state index contributed by atoms with van der Waals surface area (Å²) in [6.45, 7) is 11.9. The fraction of sp³-hybridized carbons (Fsp3) is 0.545. The molecule has 0 spiro atoms. The van der Waals surface area contributed by atoms with E-state index in [4.69, 9.17) is 4.74 Å². The van der Waals surface area contributed by atoms with E-state index in [1.807, 2.05) is 18.2 Å². The van der Waals surface area contributed by atoms with Gasteiger partial charge in [-0.25, -0.2) is 0 Å². The zero-order valence-corrected chi connectivity index (χ0v) is 24.9. The van der Waals surface area contributed by atoms with E-state index in [2.05, 4.69) is 58.1 Å². The molecule has 0 aromatic heterocycles. The molecular weight excluding hydrogens is 530 g/mol. The van der Waals surface area contributed by atoms with Crippen LogP contribution in [0, 0.1) is 0 Å². The summed E-state index contributed by atoms with van der Waals surface area (Å²) in [5.74, 6) is -0.0755. The Balaban J connectivity index is 1.04. The third-order valence-corrected chi connectivity index (χ3v) is 9.42. The molecule has 2 unspecified atom stereocenters. The molecule has 0 saturated carbocycles. The summed E-state index contributed by atoms with van der Waals surface area (Å²) in [7, 11) is 0. The van der Waals surface area contributed by atoms with Crippen LogP contribution in [0.25, 0.3) is 0 Å². The number of hydrogen-bond acceptors (Lipinski definition) is 7. The lowest BCUT2D eigenvalue weighted by atomic mass is 10.0. The maximum absolute atomic E-state index is 13.0. The molecule has 224 valence electrons. The summed E-state index contributed by atoms with van der Waals surface area (Å²) >= 11 is 0. The number of fused-ring (bicyclic) bond motifs is 1. The van der Waals surface area contributed by atoms with Crippen LogP contribution < -0.4 is 15.0 Å². The highest BCUT2D eigenvalue weighted by Crippen LogP contribution is 2.31. The molecule has 2 aromatic rings.